The smallest absolute Gasteiger partial charge is 0.258 e. The third-order valence-electron chi connectivity index (χ3n) is 4.82. The van der Waals surface area contributed by atoms with Crippen molar-refractivity contribution in [3.8, 4) is 0 Å². The molecule has 1 aromatic carbocycles. The second-order valence-electron chi connectivity index (χ2n) is 6.44. The van der Waals surface area contributed by atoms with Crippen molar-refractivity contribution in [3.05, 3.63) is 47.7 Å². The van der Waals surface area contributed by atoms with Crippen LogP contribution in [0.1, 0.15) is 22.8 Å². The van der Waals surface area contributed by atoms with Crippen LogP contribution >= 0.6 is 11.8 Å². The summed E-state index contributed by atoms with van der Waals surface area (Å²) in [6.45, 7) is 9.74. The van der Waals surface area contributed by atoms with E-state index in [0.29, 0.717) is 5.56 Å². The summed E-state index contributed by atoms with van der Waals surface area (Å²) in [7, 11) is 0. The fraction of sp³-hybridized carbons (Fsp3) is 0.400. The minimum atomic E-state index is -0.119. The molecule has 0 saturated carbocycles. The van der Waals surface area contributed by atoms with E-state index in [1.54, 1.807) is 12.3 Å². The number of rotatable bonds is 5. The van der Waals surface area contributed by atoms with Gasteiger partial charge < -0.3 is 15.1 Å². The summed E-state index contributed by atoms with van der Waals surface area (Å²) < 4.78 is 0. The molecule has 1 aliphatic rings. The number of amides is 1. The topological polar surface area (TPSA) is 48.5 Å². The number of carbonyl (C=O) groups is 1. The largest absolute Gasteiger partial charge is 0.369 e. The average Bonchev–Trinajstić information content (AvgIpc) is 2.68. The maximum absolute atomic E-state index is 12.6. The van der Waals surface area contributed by atoms with E-state index in [1.165, 1.54) is 23.0 Å². The lowest BCUT2D eigenvalue weighted by atomic mass is 10.1. The fourth-order valence-corrected chi connectivity index (χ4v) is 3.86. The van der Waals surface area contributed by atoms with Crippen LogP contribution in [0.15, 0.2) is 41.6 Å². The summed E-state index contributed by atoms with van der Waals surface area (Å²) in [4.78, 5) is 21.7. The molecule has 3 rings (SSSR count). The lowest BCUT2D eigenvalue weighted by Crippen LogP contribution is -2.46. The first kappa shape index (κ1) is 18.7. The van der Waals surface area contributed by atoms with Crippen LogP contribution in [0.2, 0.25) is 0 Å². The van der Waals surface area contributed by atoms with Crippen molar-refractivity contribution < 1.29 is 4.79 Å². The molecule has 1 aliphatic heterocycles. The van der Waals surface area contributed by atoms with Crippen molar-refractivity contribution in [2.75, 3.05) is 49.2 Å². The minimum absolute atomic E-state index is 0.119. The molecule has 6 heteroatoms. The quantitative estimate of drug-likeness (QED) is 0.816. The molecule has 1 N–H and O–H groups in total. The van der Waals surface area contributed by atoms with Crippen molar-refractivity contribution in [1.82, 2.24) is 9.88 Å². The lowest BCUT2D eigenvalue weighted by molar-refractivity contribution is 0.102. The van der Waals surface area contributed by atoms with Gasteiger partial charge in [-0.15, -0.1) is 11.8 Å². The van der Waals surface area contributed by atoms with Crippen molar-refractivity contribution in [3.63, 3.8) is 0 Å². The highest BCUT2D eigenvalue weighted by atomic mass is 32.2. The molecule has 1 amide bonds. The molecular weight excluding hydrogens is 344 g/mol. The van der Waals surface area contributed by atoms with Crippen LogP contribution < -0.4 is 10.2 Å². The van der Waals surface area contributed by atoms with Gasteiger partial charge in [-0.3, -0.25) is 4.79 Å². The zero-order valence-corrected chi connectivity index (χ0v) is 16.5. The third-order valence-corrected chi connectivity index (χ3v) is 5.54. The van der Waals surface area contributed by atoms with Gasteiger partial charge in [-0.2, -0.15) is 0 Å². The van der Waals surface area contributed by atoms with Gasteiger partial charge >= 0.3 is 0 Å². The van der Waals surface area contributed by atoms with E-state index in [2.05, 4.69) is 46.1 Å². The zero-order valence-electron chi connectivity index (χ0n) is 15.7. The Morgan fingerprint density at radius 3 is 2.65 bits per heavy atom. The van der Waals surface area contributed by atoms with Crippen LogP contribution in [0, 0.1) is 6.92 Å². The second-order valence-corrected chi connectivity index (χ2v) is 7.23. The van der Waals surface area contributed by atoms with Gasteiger partial charge in [0.1, 0.15) is 5.03 Å². The molecule has 5 nitrogen and oxygen atoms in total. The van der Waals surface area contributed by atoms with Crippen molar-refractivity contribution >= 4 is 29.0 Å². The molecule has 0 spiro atoms. The monoisotopic (exact) mass is 370 g/mol. The number of hydrogen-bond donors (Lipinski definition) is 1. The summed E-state index contributed by atoms with van der Waals surface area (Å²) in [5, 5.41) is 3.74. The van der Waals surface area contributed by atoms with Gasteiger partial charge in [0.05, 0.1) is 5.56 Å². The first-order chi connectivity index (χ1) is 12.6. The number of benzene rings is 1. The molecule has 0 atom stereocenters. The van der Waals surface area contributed by atoms with Gasteiger partial charge in [0, 0.05) is 43.8 Å². The van der Waals surface area contributed by atoms with Crippen LogP contribution in [0.5, 0.6) is 0 Å². The summed E-state index contributed by atoms with van der Waals surface area (Å²) in [5.41, 5.74) is 3.87. The number of aromatic nitrogens is 1. The number of likely N-dealkylation sites (N-methyl/N-ethyl adjacent to an activating group) is 1. The normalized spacial score (nSPS) is 15.1. The molecule has 1 saturated heterocycles. The Bertz CT molecular complexity index is 772. The molecule has 1 aromatic heterocycles. The number of pyridine rings is 1. The number of piperazine rings is 1. The molecular formula is C20H26N4OS. The Labute approximate surface area is 159 Å². The Morgan fingerprint density at radius 1 is 1.23 bits per heavy atom. The van der Waals surface area contributed by atoms with Crippen LogP contribution in [0.4, 0.5) is 11.4 Å². The van der Waals surface area contributed by atoms with Crippen LogP contribution in [0.25, 0.3) is 0 Å². The highest BCUT2D eigenvalue weighted by Gasteiger charge is 2.18. The predicted octanol–water partition coefficient (Wildman–Crippen LogP) is 3.51. The molecule has 138 valence electrons. The average molecular weight is 371 g/mol. The third kappa shape index (κ3) is 4.19. The van der Waals surface area contributed by atoms with Crippen molar-refractivity contribution in [2.45, 2.75) is 18.9 Å². The highest BCUT2D eigenvalue weighted by Crippen LogP contribution is 2.25. The molecule has 1 fully saturated rings. The van der Waals surface area contributed by atoms with E-state index in [0.717, 1.165) is 43.4 Å². The predicted molar refractivity (Wildman–Crippen MR) is 109 cm³/mol. The Morgan fingerprint density at radius 2 is 2.00 bits per heavy atom. The van der Waals surface area contributed by atoms with Gasteiger partial charge in [-0.05, 0) is 55.6 Å². The number of thioether (sulfide) groups is 1. The summed E-state index contributed by atoms with van der Waals surface area (Å²) in [5.74, 6) is -0.119. The Kier molecular flexibility index (Phi) is 6.16. The van der Waals surface area contributed by atoms with Gasteiger partial charge in [0.15, 0.2) is 0 Å². The van der Waals surface area contributed by atoms with E-state index >= 15 is 0 Å². The summed E-state index contributed by atoms with van der Waals surface area (Å²) in [6, 6.07) is 9.75. The van der Waals surface area contributed by atoms with Gasteiger partial charge in [0.25, 0.3) is 5.91 Å². The fourth-order valence-electron chi connectivity index (χ4n) is 3.32. The maximum atomic E-state index is 12.6. The first-order valence-corrected chi connectivity index (χ1v) is 10.2. The molecule has 2 heterocycles. The van der Waals surface area contributed by atoms with E-state index in [1.807, 2.05) is 18.4 Å². The molecule has 0 radical (unpaired) electrons. The number of carbonyl (C=O) groups excluding carboxylic acids is 1. The Hall–Kier alpha value is -2.05. The van der Waals surface area contributed by atoms with Gasteiger partial charge in [-0.25, -0.2) is 4.98 Å². The van der Waals surface area contributed by atoms with Crippen LogP contribution in [0.3, 0.4) is 0 Å². The van der Waals surface area contributed by atoms with E-state index in [4.69, 9.17) is 0 Å². The summed E-state index contributed by atoms with van der Waals surface area (Å²) >= 11 is 1.48. The zero-order chi connectivity index (χ0) is 18.5. The SMILES string of the molecule is CCN1CCN(c2ccc(NC(=O)c3cccnc3SC)cc2C)CC1. The highest BCUT2D eigenvalue weighted by molar-refractivity contribution is 7.98. The molecule has 0 unspecified atom stereocenters. The molecule has 2 aromatic rings. The van der Waals surface area contributed by atoms with Crippen LogP contribution in [-0.2, 0) is 0 Å². The number of aryl methyl sites for hydroxylation is 1. The maximum Gasteiger partial charge on any atom is 0.258 e. The van der Waals surface area contributed by atoms with E-state index in [9.17, 15) is 4.79 Å². The molecule has 26 heavy (non-hydrogen) atoms. The number of nitrogens with one attached hydrogen (secondary N) is 1. The lowest BCUT2D eigenvalue weighted by Gasteiger charge is -2.36. The summed E-state index contributed by atoms with van der Waals surface area (Å²) in [6.07, 6.45) is 3.64. The van der Waals surface area contributed by atoms with Gasteiger partial charge in [-0.1, -0.05) is 6.92 Å². The second kappa shape index (κ2) is 8.56. The van der Waals surface area contributed by atoms with Crippen molar-refractivity contribution in [2.24, 2.45) is 0 Å². The number of nitrogens with zero attached hydrogens (tertiary/aromatic N) is 3. The number of anilines is 2. The van der Waals surface area contributed by atoms with E-state index in [-0.39, 0.29) is 5.91 Å². The van der Waals surface area contributed by atoms with Crippen LogP contribution in [-0.4, -0.2) is 54.8 Å². The van der Waals surface area contributed by atoms with E-state index < -0.39 is 0 Å². The molecule has 0 bridgehead atoms. The van der Waals surface area contributed by atoms with Crippen molar-refractivity contribution in [1.29, 1.82) is 0 Å². The minimum Gasteiger partial charge on any atom is -0.369 e. The standard InChI is InChI=1S/C20H26N4OS/c1-4-23-10-12-24(13-11-23)18-8-7-16(14-15(18)2)22-19(25)17-6-5-9-21-20(17)26-3/h5-9,14H,4,10-13H2,1-3H3,(H,22,25). The number of hydrogen-bond acceptors (Lipinski definition) is 5. The molecule has 0 aliphatic carbocycles. The Balaban J connectivity index is 1.71. The van der Waals surface area contributed by atoms with Gasteiger partial charge in [0.2, 0.25) is 0 Å². The first-order valence-electron chi connectivity index (χ1n) is 9.00.